The molecule has 0 fully saturated rings. The number of esters is 1. The van der Waals surface area contributed by atoms with Crippen LogP contribution in [0.1, 0.15) is 34.2 Å². The van der Waals surface area contributed by atoms with E-state index in [1.165, 1.54) is 7.11 Å². The van der Waals surface area contributed by atoms with Crippen LogP contribution >= 0.6 is 23.2 Å². The quantitative estimate of drug-likeness (QED) is 0.761. The van der Waals surface area contributed by atoms with Crippen LogP contribution in [0.5, 0.6) is 0 Å². The number of halogens is 2. The number of pyridine rings is 1. The lowest BCUT2D eigenvalue weighted by Crippen LogP contribution is -2.13. The molecule has 1 heterocycles. The molecule has 1 aromatic heterocycles. The average molecular weight is 349 g/mol. The first kappa shape index (κ1) is 17.3. The summed E-state index contributed by atoms with van der Waals surface area (Å²) in [6.07, 6.45) is 0.523. The van der Waals surface area contributed by atoms with Gasteiger partial charge in [0, 0.05) is 21.2 Å². The Kier molecular flexibility index (Phi) is 5.25. The minimum absolute atomic E-state index is 0.265. The molecule has 6 heteroatoms. The zero-order valence-electron chi connectivity index (χ0n) is 12.9. The standard InChI is InChI=1S/C17H14Cl2N2O2/c1-4-14-16(17(22)23-3)15(12(8-20)9(2)21-14)11-6-5-10(18)7-13(11)19/h5-7H,4H2,1-3H3. The fourth-order valence-corrected chi connectivity index (χ4v) is 2.94. The Bertz CT molecular complexity index is 826. The summed E-state index contributed by atoms with van der Waals surface area (Å²) in [7, 11) is 1.29. The summed E-state index contributed by atoms with van der Waals surface area (Å²) in [6, 6.07) is 7.03. The molecule has 0 atom stereocenters. The lowest BCUT2D eigenvalue weighted by Gasteiger charge is -2.16. The van der Waals surface area contributed by atoms with E-state index in [1.807, 2.05) is 6.92 Å². The molecule has 0 saturated carbocycles. The largest absolute Gasteiger partial charge is 0.465 e. The van der Waals surface area contributed by atoms with Gasteiger partial charge in [-0.15, -0.1) is 0 Å². The van der Waals surface area contributed by atoms with Gasteiger partial charge in [-0.2, -0.15) is 5.26 Å². The van der Waals surface area contributed by atoms with E-state index < -0.39 is 5.97 Å². The van der Waals surface area contributed by atoms with Crippen LogP contribution in [-0.4, -0.2) is 18.1 Å². The van der Waals surface area contributed by atoms with Crippen LogP contribution in [-0.2, 0) is 11.2 Å². The van der Waals surface area contributed by atoms with Crippen LogP contribution in [0.15, 0.2) is 18.2 Å². The SMILES string of the molecule is CCc1nc(C)c(C#N)c(-c2ccc(Cl)cc2Cl)c1C(=O)OC. The van der Waals surface area contributed by atoms with Gasteiger partial charge in [-0.1, -0.05) is 36.2 Å². The molecule has 0 aliphatic heterocycles. The van der Waals surface area contributed by atoms with E-state index in [2.05, 4.69) is 11.1 Å². The van der Waals surface area contributed by atoms with Crippen LogP contribution in [0.3, 0.4) is 0 Å². The van der Waals surface area contributed by atoms with Crippen molar-refractivity contribution in [1.29, 1.82) is 5.26 Å². The molecular weight excluding hydrogens is 335 g/mol. The highest BCUT2D eigenvalue weighted by Crippen LogP contribution is 2.37. The zero-order valence-corrected chi connectivity index (χ0v) is 14.4. The summed E-state index contributed by atoms with van der Waals surface area (Å²) in [4.78, 5) is 16.7. The van der Waals surface area contributed by atoms with Crippen molar-refractivity contribution in [2.45, 2.75) is 20.3 Å². The molecule has 0 saturated heterocycles. The summed E-state index contributed by atoms with van der Waals surface area (Å²) in [5.41, 5.74) is 2.65. The molecule has 0 N–H and O–H groups in total. The van der Waals surface area contributed by atoms with Gasteiger partial charge < -0.3 is 4.74 Å². The number of ether oxygens (including phenoxy) is 1. The van der Waals surface area contributed by atoms with Crippen molar-refractivity contribution >= 4 is 29.2 Å². The molecule has 0 aliphatic carbocycles. The summed E-state index contributed by atoms with van der Waals surface area (Å²) < 4.78 is 4.89. The highest BCUT2D eigenvalue weighted by atomic mass is 35.5. The number of methoxy groups -OCH3 is 1. The van der Waals surface area contributed by atoms with Crippen molar-refractivity contribution in [2.75, 3.05) is 7.11 Å². The number of carbonyl (C=O) groups is 1. The number of nitriles is 1. The molecular formula is C17H14Cl2N2O2. The smallest absolute Gasteiger partial charge is 0.340 e. The number of aryl methyl sites for hydroxylation is 2. The lowest BCUT2D eigenvalue weighted by molar-refractivity contribution is 0.0600. The fraction of sp³-hybridized carbons (Fsp3) is 0.235. The summed E-state index contributed by atoms with van der Waals surface area (Å²) in [6.45, 7) is 3.61. The van der Waals surface area contributed by atoms with E-state index in [0.29, 0.717) is 44.5 Å². The second kappa shape index (κ2) is 6.99. The lowest BCUT2D eigenvalue weighted by atomic mass is 9.92. The first-order chi connectivity index (χ1) is 10.9. The van der Waals surface area contributed by atoms with Gasteiger partial charge in [0.15, 0.2) is 0 Å². The predicted octanol–water partition coefficient (Wildman–Crippen LogP) is 4.58. The number of nitrogens with zero attached hydrogens (tertiary/aromatic N) is 2. The molecule has 2 aromatic rings. The van der Waals surface area contributed by atoms with Crippen molar-refractivity contribution in [3.8, 4) is 17.2 Å². The van der Waals surface area contributed by atoms with Gasteiger partial charge in [-0.05, 0) is 25.5 Å². The van der Waals surface area contributed by atoms with Gasteiger partial charge in [0.25, 0.3) is 0 Å². The van der Waals surface area contributed by atoms with Crippen molar-refractivity contribution in [1.82, 2.24) is 4.98 Å². The van der Waals surface area contributed by atoms with E-state index >= 15 is 0 Å². The second-order valence-electron chi connectivity index (χ2n) is 4.85. The molecule has 0 aliphatic rings. The Morgan fingerprint density at radius 3 is 2.61 bits per heavy atom. The van der Waals surface area contributed by atoms with Gasteiger partial charge in [0.2, 0.25) is 0 Å². The maximum Gasteiger partial charge on any atom is 0.340 e. The molecule has 0 radical (unpaired) electrons. The maximum absolute atomic E-state index is 12.3. The molecule has 1 aromatic carbocycles. The summed E-state index contributed by atoms with van der Waals surface area (Å²) >= 11 is 12.2. The molecule has 0 unspecified atom stereocenters. The number of rotatable bonds is 3. The minimum Gasteiger partial charge on any atom is -0.465 e. The maximum atomic E-state index is 12.3. The van der Waals surface area contributed by atoms with Crippen LogP contribution in [0, 0.1) is 18.3 Å². The summed E-state index contributed by atoms with van der Waals surface area (Å²) in [5.74, 6) is -0.549. The first-order valence-corrected chi connectivity index (χ1v) is 7.67. The van der Waals surface area contributed by atoms with Crippen molar-refractivity contribution in [3.63, 3.8) is 0 Å². The third-order valence-electron chi connectivity index (χ3n) is 3.49. The monoisotopic (exact) mass is 348 g/mol. The first-order valence-electron chi connectivity index (χ1n) is 6.91. The third kappa shape index (κ3) is 3.17. The normalized spacial score (nSPS) is 10.3. The number of carbonyl (C=O) groups excluding carboxylic acids is 1. The number of hydrogen-bond donors (Lipinski definition) is 0. The topological polar surface area (TPSA) is 63.0 Å². The fourth-order valence-electron chi connectivity index (χ4n) is 2.44. The molecule has 2 rings (SSSR count). The summed E-state index contributed by atoms with van der Waals surface area (Å²) in [5, 5.41) is 10.4. The average Bonchev–Trinajstić information content (AvgIpc) is 2.53. The van der Waals surface area contributed by atoms with Gasteiger partial charge >= 0.3 is 5.97 Å². The third-order valence-corrected chi connectivity index (χ3v) is 4.04. The highest BCUT2D eigenvalue weighted by Gasteiger charge is 2.25. The van der Waals surface area contributed by atoms with Crippen LogP contribution in [0.4, 0.5) is 0 Å². The zero-order chi connectivity index (χ0) is 17.1. The highest BCUT2D eigenvalue weighted by molar-refractivity contribution is 6.36. The molecule has 23 heavy (non-hydrogen) atoms. The van der Waals surface area contributed by atoms with E-state index in [0.717, 1.165) is 0 Å². The Balaban J connectivity index is 2.96. The van der Waals surface area contributed by atoms with E-state index in [4.69, 9.17) is 27.9 Å². The van der Waals surface area contributed by atoms with Gasteiger partial charge in [-0.3, -0.25) is 4.98 Å². The minimum atomic E-state index is -0.549. The van der Waals surface area contributed by atoms with E-state index in [9.17, 15) is 10.1 Å². The van der Waals surface area contributed by atoms with Crippen LogP contribution in [0.2, 0.25) is 10.0 Å². The molecule has 118 valence electrons. The molecule has 4 nitrogen and oxygen atoms in total. The molecule has 0 bridgehead atoms. The second-order valence-corrected chi connectivity index (χ2v) is 5.69. The van der Waals surface area contributed by atoms with Crippen LogP contribution in [0.25, 0.3) is 11.1 Å². The van der Waals surface area contributed by atoms with Crippen molar-refractivity contribution in [3.05, 3.63) is 50.8 Å². The molecule has 0 spiro atoms. The van der Waals surface area contributed by atoms with E-state index in [1.54, 1.807) is 25.1 Å². The Labute approximate surface area is 144 Å². The van der Waals surface area contributed by atoms with Gasteiger partial charge in [0.05, 0.1) is 29.6 Å². The van der Waals surface area contributed by atoms with Crippen LogP contribution < -0.4 is 0 Å². The van der Waals surface area contributed by atoms with Crippen molar-refractivity contribution < 1.29 is 9.53 Å². The van der Waals surface area contributed by atoms with Gasteiger partial charge in [0.1, 0.15) is 6.07 Å². The van der Waals surface area contributed by atoms with Crippen molar-refractivity contribution in [2.24, 2.45) is 0 Å². The Hall–Kier alpha value is -2.09. The Morgan fingerprint density at radius 2 is 2.09 bits per heavy atom. The van der Waals surface area contributed by atoms with E-state index in [-0.39, 0.29) is 5.56 Å². The Morgan fingerprint density at radius 1 is 1.39 bits per heavy atom. The predicted molar refractivity (Wildman–Crippen MR) is 89.9 cm³/mol. The number of benzene rings is 1. The number of hydrogen-bond acceptors (Lipinski definition) is 4. The number of aromatic nitrogens is 1. The van der Waals surface area contributed by atoms with Gasteiger partial charge in [-0.25, -0.2) is 4.79 Å². The molecule has 0 amide bonds.